The number of amides is 1. The number of halogens is 1. The van der Waals surface area contributed by atoms with E-state index in [0.29, 0.717) is 12.5 Å². The first-order valence-corrected chi connectivity index (χ1v) is 7.25. The smallest absolute Gasteiger partial charge is 0.256 e. The molecule has 21 heavy (non-hydrogen) atoms. The van der Waals surface area contributed by atoms with E-state index in [1.807, 2.05) is 35.2 Å². The van der Waals surface area contributed by atoms with Crippen LogP contribution in [-0.4, -0.2) is 37.0 Å². The maximum Gasteiger partial charge on any atom is 0.256 e. The van der Waals surface area contributed by atoms with E-state index in [2.05, 4.69) is 6.92 Å². The summed E-state index contributed by atoms with van der Waals surface area (Å²) in [5.41, 5.74) is 6.74. The Kier molecular flexibility index (Phi) is 7.15. The van der Waals surface area contributed by atoms with Gasteiger partial charge in [-0.05, 0) is 24.3 Å². The number of piperidine rings is 1. The van der Waals surface area contributed by atoms with Crippen molar-refractivity contribution in [3.8, 4) is 0 Å². The third-order valence-corrected chi connectivity index (χ3v) is 4.10. The van der Waals surface area contributed by atoms with Crippen LogP contribution in [0.2, 0.25) is 0 Å². The fourth-order valence-electron chi connectivity index (χ4n) is 2.92. The van der Waals surface area contributed by atoms with E-state index >= 15 is 0 Å². The molecular weight excluding hydrogens is 288 g/mol. The maximum atomic E-state index is 12.8. The number of hydrogen-bond acceptors (Lipinski definition) is 3. The van der Waals surface area contributed by atoms with Gasteiger partial charge in [0, 0.05) is 26.2 Å². The van der Waals surface area contributed by atoms with Crippen LogP contribution in [0.15, 0.2) is 30.3 Å². The van der Waals surface area contributed by atoms with Gasteiger partial charge in [0.2, 0.25) is 0 Å². The first-order chi connectivity index (χ1) is 9.67. The summed E-state index contributed by atoms with van der Waals surface area (Å²) in [7, 11) is 1.58. The molecule has 1 heterocycles. The third kappa shape index (κ3) is 4.19. The van der Waals surface area contributed by atoms with Gasteiger partial charge in [-0.3, -0.25) is 4.79 Å². The molecule has 1 fully saturated rings. The average Bonchev–Trinajstić information content (AvgIpc) is 2.48. The SMILES string of the molecule is COC(C(=O)N1CCC(C)CC1CN)c1ccccc1.Cl. The molecule has 0 bridgehead atoms. The van der Waals surface area contributed by atoms with Crippen molar-refractivity contribution in [2.75, 3.05) is 20.2 Å². The highest BCUT2D eigenvalue weighted by atomic mass is 35.5. The second-order valence-electron chi connectivity index (χ2n) is 5.58. The first kappa shape index (κ1) is 18.0. The van der Waals surface area contributed by atoms with Gasteiger partial charge in [0.1, 0.15) is 0 Å². The average molecular weight is 313 g/mol. The van der Waals surface area contributed by atoms with Gasteiger partial charge < -0.3 is 15.4 Å². The zero-order chi connectivity index (χ0) is 14.5. The summed E-state index contributed by atoms with van der Waals surface area (Å²) in [4.78, 5) is 14.7. The Bertz CT molecular complexity index is 441. The number of likely N-dealkylation sites (tertiary alicyclic amines) is 1. The second-order valence-corrected chi connectivity index (χ2v) is 5.58. The molecule has 3 unspecified atom stereocenters. The fourth-order valence-corrected chi connectivity index (χ4v) is 2.92. The normalized spacial score (nSPS) is 23.3. The molecule has 2 N–H and O–H groups in total. The van der Waals surface area contributed by atoms with Crippen LogP contribution in [0.5, 0.6) is 0 Å². The van der Waals surface area contributed by atoms with Crippen molar-refractivity contribution in [1.82, 2.24) is 4.90 Å². The number of carbonyl (C=O) groups is 1. The number of ether oxygens (including phenoxy) is 1. The van der Waals surface area contributed by atoms with Gasteiger partial charge in [0.05, 0.1) is 0 Å². The maximum absolute atomic E-state index is 12.8. The predicted octanol–water partition coefficient (Wildman–Crippen LogP) is 2.38. The van der Waals surface area contributed by atoms with Crippen molar-refractivity contribution in [2.45, 2.75) is 31.9 Å². The summed E-state index contributed by atoms with van der Waals surface area (Å²) in [5, 5.41) is 0. The van der Waals surface area contributed by atoms with E-state index in [9.17, 15) is 4.79 Å². The van der Waals surface area contributed by atoms with E-state index in [-0.39, 0.29) is 24.4 Å². The standard InChI is InChI=1S/C16H24N2O2.ClH/c1-12-8-9-18(14(10-12)11-17)16(19)15(20-2)13-6-4-3-5-7-13;/h3-7,12,14-15H,8-11,17H2,1-2H3;1H. The minimum absolute atomic E-state index is 0. The first-order valence-electron chi connectivity index (χ1n) is 7.25. The summed E-state index contributed by atoms with van der Waals surface area (Å²) in [6.07, 6.45) is 1.49. The Morgan fingerprint density at radius 3 is 2.67 bits per heavy atom. The predicted molar refractivity (Wildman–Crippen MR) is 86.4 cm³/mol. The summed E-state index contributed by atoms with van der Waals surface area (Å²) in [6, 6.07) is 9.77. The molecular formula is C16H25ClN2O2. The zero-order valence-electron chi connectivity index (χ0n) is 12.7. The molecule has 4 nitrogen and oxygen atoms in total. The second kappa shape index (κ2) is 8.37. The molecule has 0 aromatic heterocycles. The fraction of sp³-hybridized carbons (Fsp3) is 0.562. The lowest BCUT2D eigenvalue weighted by atomic mass is 9.91. The number of benzene rings is 1. The van der Waals surface area contributed by atoms with Gasteiger partial charge in [-0.25, -0.2) is 0 Å². The van der Waals surface area contributed by atoms with Crippen LogP contribution >= 0.6 is 12.4 Å². The summed E-state index contributed by atoms with van der Waals surface area (Å²) >= 11 is 0. The highest BCUT2D eigenvalue weighted by Gasteiger charge is 2.33. The molecule has 1 aromatic carbocycles. The Hall–Kier alpha value is -1.10. The van der Waals surface area contributed by atoms with Crippen molar-refractivity contribution in [2.24, 2.45) is 11.7 Å². The van der Waals surface area contributed by atoms with Crippen LogP contribution in [0.4, 0.5) is 0 Å². The lowest BCUT2D eigenvalue weighted by molar-refractivity contribution is -0.146. The van der Waals surface area contributed by atoms with E-state index in [1.54, 1.807) is 7.11 Å². The van der Waals surface area contributed by atoms with Crippen molar-refractivity contribution >= 4 is 18.3 Å². The van der Waals surface area contributed by atoms with Gasteiger partial charge in [-0.1, -0.05) is 37.3 Å². The zero-order valence-corrected chi connectivity index (χ0v) is 13.5. The van der Waals surface area contributed by atoms with E-state index in [0.717, 1.165) is 24.9 Å². The van der Waals surface area contributed by atoms with Crippen molar-refractivity contribution in [3.05, 3.63) is 35.9 Å². The number of nitrogens with two attached hydrogens (primary N) is 1. The minimum atomic E-state index is -0.529. The van der Waals surface area contributed by atoms with Crippen LogP contribution < -0.4 is 5.73 Å². The Morgan fingerprint density at radius 2 is 2.10 bits per heavy atom. The van der Waals surface area contributed by atoms with E-state index in [1.165, 1.54) is 0 Å². The Labute approximate surface area is 133 Å². The number of methoxy groups -OCH3 is 1. The van der Waals surface area contributed by atoms with Crippen LogP contribution in [0, 0.1) is 5.92 Å². The largest absolute Gasteiger partial charge is 0.367 e. The van der Waals surface area contributed by atoms with Gasteiger partial charge in [-0.15, -0.1) is 12.4 Å². The van der Waals surface area contributed by atoms with Gasteiger partial charge in [0.15, 0.2) is 6.10 Å². The lowest BCUT2D eigenvalue weighted by Crippen LogP contribution is -2.51. The molecule has 3 atom stereocenters. The number of hydrogen-bond donors (Lipinski definition) is 1. The lowest BCUT2D eigenvalue weighted by Gasteiger charge is -2.39. The van der Waals surface area contributed by atoms with E-state index < -0.39 is 6.10 Å². The molecule has 0 radical (unpaired) electrons. The summed E-state index contributed by atoms with van der Waals surface area (Å²) < 4.78 is 5.44. The van der Waals surface area contributed by atoms with Crippen LogP contribution in [0.3, 0.4) is 0 Å². The molecule has 1 aliphatic rings. The van der Waals surface area contributed by atoms with Crippen molar-refractivity contribution in [3.63, 3.8) is 0 Å². The van der Waals surface area contributed by atoms with Crippen LogP contribution in [0.25, 0.3) is 0 Å². The Morgan fingerprint density at radius 1 is 1.43 bits per heavy atom. The highest BCUT2D eigenvalue weighted by Crippen LogP contribution is 2.27. The van der Waals surface area contributed by atoms with Gasteiger partial charge in [0.25, 0.3) is 5.91 Å². The summed E-state index contributed by atoms with van der Waals surface area (Å²) in [6.45, 7) is 3.51. The third-order valence-electron chi connectivity index (χ3n) is 4.10. The molecule has 1 saturated heterocycles. The number of nitrogens with zero attached hydrogens (tertiary/aromatic N) is 1. The molecule has 0 spiro atoms. The van der Waals surface area contributed by atoms with Crippen LogP contribution in [-0.2, 0) is 9.53 Å². The molecule has 5 heteroatoms. The molecule has 0 saturated carbocycles. The molecule has 2 rings (SSSR count). The van der Waals surface area contributed by atoms with E-state index in [4.69, 9.17) is 10.5 Å². The monoisotopic (exact) mass is 312 g/mol. The van der Waals surface area contributed by atoms with Crippen molar-refractivity contribution < 1.29 is 9.53 Å². The topological polar surface area (TPSA) is 55.6 Å². The molecule has 118 valence electrons. The number of carbonyl (C=O) groups excluding carboxylic acids is 1. The molecule has 1 amide bonds. The minimum Gasteiger partial charge on any atom is -0.367 e. The highest BCUT2D eigenvalue weighted by molar-refractivity contribution is 5.85. The number of rotatable bonds is 4. The van der Waals surface area contributed by atoms with Gasteiger partial charge in [-0.2, -0.15) is 0 Å². The van der Waals surface area contributed by atoms with Gasteiger partial charge >= 0.3 is 0 Å². The molecule has 1 aromatic rings. The Balaban J connectivity index is 0.00000220. The summed E-state index contributed by atoms with van der Waals surface area (Å²) in [5.74, 6) is 0.659. The molecule has 1 aliphatic heterocycles. The van der Waals surface area contributed by atoms with Crippen LogP contribution in [0.1, 0.15) is 31.4 Å². The molecule has 0 aliphatic carbocycles. The van der Waals surface area contributed by atoms with Crippen molar-refractivity contribution in [1.29, 1.82) is 0 Å². The quantitative estimate of drug-likeness (QED) is 0.928.